The van der Waals surface area contributed by atoms with Crippen LogP contribution in [0.25, 0.3) is 11.3 Å². The number of hydrogen-bond acceptors (Lipinski definition) is 6. The van der Waals surface area contributed by atoms with Crippen molar-refractivity contribution >= 4 is 22.4 Å². The number of rotatable bonds is 6. The topological polar surface area (TPSA) is 69.7 Å². The highest BCUT2D eigenvalue weighted by Gasteiger charge is 2.13. The molecule has 4 rings (SSSR count). The molecule has 6 nitrogen and oxygen atoms in total. The van der Waals surface area contributed by atoms with Gasteiger partial charge in [0.25, 0.3) is 5.91 Å². The smallest absolute Gasteiger partial charge is 0.264 e. The fourth-order valence-corrected chi connectivity index (χ4v) is 3.95. The van der Waals surface area contributed by atoms with Crippen LogP contribution in [0.2, 0.25) is 0 Å². The minimum absolute atomic E-state index is 0.0880. The zero-order chi connectivity index (χ0) is 20.2. The van der Waals surface area contributed by atoms with Crippen LogP contribution in [0.15, 0.2) is 41.8 Å². The highest BCUT2D eigenvalue weighted by Crippen LogP contribution is 2.30. The lowest BCUT2D eigenvalue weighted by Gasteiger charge is -2.17. The van der Waals surface area contributed by atoms with E-state index in [2.05, 4.69) is 10.3 Å². The van der Waals surface area contributed by atoms with Gasteiger partial charge in [-0.25, -0.2) is 4.98 Å². The fraction of sp³-hybridized carbons (Fsp3) is 0.273. The third-order valence-electron chi connectivity index (χ3n) is 4.70. The van der Waals surface area contributed by atoms with Gasteiger partial charge in [-0.3, -0.25) is 10.1 Å². The molecule has 1 amide bonds. The van der Waals surface area contributed by atoms with Crippen LogP contribution in [0.4, 0.5) is 5.13 Å². The molecule has 2 heterocycles. The molecule has 1 N–H and O–H groups in total. The second-order valence-corrected chi connectivity index (χ2v) is 7.64. The van der Waals surface area contributed by atoms with E-state index in [0.717, 1.165) is 47.8 Å². The predicted octanol–water partition coefficient (Wildman–Crippen LogP) is 4.47. The van der Waals surface area contributed by atoms with Gasteiger partial charge in [0.05, 0.1) is 19.4 Å². The Morgan fingerprint density at radius 1 is 1.28 bits per heavy atom. The van der Waals surface area contributed by atoms with Crippen LogP contribution in [0.5, 0.6) is 17.2 Å². The number of carbonyl (C=O) groups excluding carboxylic acids is 1. The maximum Gasteiger partial charge on any atom is 0.264 e. The van der Waals surface area contributed by atoms with E-state index in [4.69, 9.17) is 14.2 Å². The Morgan fingerprint density at radius 2 is 2.17 bits per heavy atom. The second-order valence-electron chi connectivity index (χ2n) is 6.78. The average Bonchev–Trinajstić information content (AvgIpc) is 3.20. The number of anilines is 1. The molecule has 0 saturated carbocycles. The third kappa shape index (κ3) is 4.51. The van der Waals surface area contributed by atoms with Crippen molar-refractivity contribution in [3.8, 4) is 28.5 Å². The molecule has 1 aromatic heterocycles. The zero-order valence-corrected chi connectivity index (χ0v) is 17.2. The van der Waals surface area contributed by atoms with Crippen molar-refractivity contribution in [2.24, 2.45) is 0 Å². The quantitative estimate of drug-likeness (QED) is 0.649. The first kappa shape index (κ1) is 19.3. The monoisotopic (exact) mass is 410 g/mol. The highest BCUT2D eigenvalue weighted by atomic mass is 32.1. The van der Waals surface area contributed by atoms with E-state index in [0.29, 0.717) is 10.9 Å². The number of ether oxygens (including phenoxy) is 3. The van der Waals surface area contributed by atoms with Gasteiger partial charge < -0.3 is 14.2 Å². The first-order chi connectivity index (χ1) is 14.1. The SMILES string of the molecule is COc1ccc(-c2csc(NC(=O)COc3ccc4c(c3)OCCC4)n2)cc1C. The standard InChI is InChI=1S/C22H22N2O4S/c1-14-10-16(6-8-19(14)26-2)18-13-29-22(23-18)24-21(25)12-28-17-7-5-15-4-3-9-27-20(15)11-17/h5-8,10-11,13H,3-4,9,12H2,1-2H3,(H,23,24,25). The summed E-state index contributed by atoms with van der Waals surface area (Å²) in [6.07, 6.45) is 2.04. The first-order valence-electron chi connectivity index (χ1n) is 9.41. The van der Waals surface area contributed by atoms with Crippen LogP contribution >= 0.6 is 11.3 Å². The maximum atomic E-state index is 12.2. The largest absolute Gasteiger partial charge is 0.496 e. The first-order valence-corrected chi connectivity index (χ1v) is 10.3. The number of fused-ring (bicyclic) bond motifs is 1. The minimum Gasteiger partial charge on any atom is -0.496 e. The Hall–Kier alpha value is -3.06. The van der Waals surface area contributed by atoms with E-state index in [1.807, 2.05) is 48.7 Å². The number of methoxy groups -OCH3 is 1. The lowest BCUT2D eigenvalue weighted by Crippen LogP contribution is -2.20. The summed E-state index contributed by atoms with van der Waals surface area (Å²) in [5.74, 6) is 2.04. The zero-order valence-electron chi connectivity index (χ0n) is 16.4. The summed E-state index contributed by atoms with van der Waals surface area (Å²) < 4.78 is 16.5. The van der Waals surface area contributed by atoms with Crippen molar-refractivity contribution in [1.29, 1.82) is 0 Å². The molecule has 0 radical (unpaired) electrons. The molecule has 0 atom stereocenters. The Labute approximate surface area is 173 Å². The number of nitrogens with one attached hydrogen (secondary N) is 1. The molecule has 1 aliphatic heterocycles. The van der Waals surface area contributed by atoms with E-state index in [9.17, 15) is 4.79 Å². The van der Waals surface area contributed by atoms with Crippen LogP contribution in [-0.2, 0) is 11.2 Å². The Bertz CT molecular complexity index is 1030. The molecule has 0 spiro atoms. The molecule has 150 valence electrons. The van der Waals surface area contributed by atoms with E-state index in [-0.39, 0.29) is 12.5 Å². The summed E-state index contributed by atoms with van der Waals surface area (Å²) in [7, 11) is 1.65. The molecular weight excluding hydrogens is 388 g/mol. The van der Waals surface area contributed by atoms with Crippen molar-refractivity contribution in [3.63, 3.8) is 0 Å². The van der Waals surface area contributed by atoms with E-state index >= 15 is 0 Å². The number of aromatic nitrogens is 1. The number of nitrogens with zero attached hydrogens (tertiary/aromatic N) is 1. The number of carbonyl (C=O) groups is 1. The van der Waals surface area contributed by atoms with E-state index in [1.165, 1.54) is 16.9 Å². The van der Waals surface area contributed by atoms with Crippen LogP contribution in [0, 0.1) is 6.92 Å². The van der Waals surface area contributed by atoms with Gasteiger partial charge in [0.1, 0.15) is 17.2 Å². The number of benzene rings is 2. The molecule has 0 fully saturated rings. The minimum atomic E-state index is -0.254. The number of thiazole rings is 1. The van der Waals surface area contributed by atoms with Gasteiger partial charge in [-0.2, -0.15) is 0 Å². The Kier molecular flexibility index (Phi) is 5.67. The molecular formula is C22H22N2O4S. The van der Waals surface area contributed by atoms with Gasteiger partial charge in [-0.15, -0.1) is 11.3 Å². The van der Waals surface area contributed by atoms with Gasteiger partial charge >= 0.3 is 0 Å². The molecule has 0 saturated heterocycles. The average molecular weight is 410 g/mol. The number of amides is 1. The summed E-state index contributed by atoms with van der Waals surface area (Å²) >= 11 is 1.38. The summed E-state index contributed by atoms with van der Waals surface area (Å²) in [5.41, 5.74) is 4.00. The molecule has 3 aromatic rings. The molecule has 0 unspecified atom stereocenters. The number of aryl methyl sites for hydroxylation is 2. The molecule has 7 heteroatoms. The van der Waals surface area contributed by atoms with Crippen LogP contribution < -0.4 is 19.5 Å². The van der Waals surface area contributed by atoms with Crippen LogP contribution in [0.1, 0.15) is 17.5 Å². The lowest BCUT2D eigenvalue weighted by atomic mass is 10.1. The number of hydrogen-bond donors (Lipinski definition) is 1. The molecule has 29 heavy (non-hydrogen) atoms. The van der Waals surface area contributed by atoms with E-state index < -0.39 is 0 Å². The van der Waals surface area contributed by atoms with Crippen LogP contribution in [0.3, 0.4) is 0 Å². The molecule has 0 aliphatic carbocycles. The van der Waals surface area contributed by atoms with Gasteiger partial charge in [-0.05, 0) is 55.2 Å². The Balaban J connectivity index is 1.35. The maximum absolute atomic E-state index is 12.2. The van der Waals surface area contributed by atoms with Crippen molar-refractivity contribution < 1.29 is 19.0 Å². The Morgan fingerprint density at radius 3 is 3.00 bits per heavy atom. The normalized spacial score (nSPS) is 12.6. The van der Waals surface area contributed by atoms with Crippen molar-refractivity contribution in [2.75, 3.05) is 25.6 Å². The third-order valence-corrected chi connectivity index (χ3v) is 5.46. The fourth-order valence-electron chi connectivity index (χ4n) is 3.22. The van der Waals surface area contributed by atoms with Crippen molar-refractivity contribution in [1.82, 2.24) is 4.98 Å². The van der Waals surface area contributed by atoms with Crippen molar-refractivity contribution in [3.05, 3.63) is 52.9 Å². The predicted molar refractivity (Wildman–Crippen MR) is 113 cm³/mol. The molecule has 2 aromatic carbocycles. The summed E-state index contributed by atoms with van der Waals surface area (Å²) in [6.45, 7) is 2.62. The van der Waals surface area contributed by atoms with Gasteiger partial charge in [0.2, 0.25) is 0 Å². The van der Waals surface area contributed by atoms with Crippen LogP contribution in [-0.4, -0.2) is 31.2 Å². The lowest BCUT2D eigenvalue weighted by molar-refractivity contribution is -0.118. The van der Waals surface area contributed by atoms with E-state index in [1.54, 1.807) is 7.11 Å². The highest BCUT2D eigenvalue weighted by molar-refractivity contribution is 7.14. The molecule has 1 aliphatic rings. The van der Waals surface area contributed by atoms with Crippen molar-refractivity contribution in [2.45, 2.75) is 19.8 Å². The second kappa shape index (κ2) is 8.53. The summed E-state index contributed by atoms with van der Waals surface area (Å²) in [5, 5.41) is 5.24. The molecule has 0 bridgehead atoms. The van der Waals surface area contributed by atoms with Gasteiger partial charge in [0, 0.05) is 17.0 Å². The van der Waals surface area contributed by atoms with Gasteiger partial charge in [0.15, 0.2) is 11.7 Å². The summed E-state index contributed by atoms with van der Waals surface area (Å²) in [6, 6.07) is 11.6. The summed E-state index contributed by atoms with van der Waals surface area (Å²) in [4.78, 5) is 16.7. The van der Waals surface area contributed by atoms with Gasteiger partial charge in [-0.1, -0.05) is 6.07 Å².